The highest BCUT2D eigenvalue weighted by Crippen LogP contribution is 2.14. The van der Waals surface area contributed by atoms with Crippen molar-refractivity contribution in [2.75, 3.05) is 20.1 Å². The highest BCUT2D eigenvalue weighted by Gasteiger charge is 2.09. The fourth-order valence-corrected chi connectivity index (χ4v) is 3.00. The van der Waals surface area contributed by atoms with E-state index in [0.717, 1.165) is 61.5 Å². The van der Waals surface area contributed by atoms with Gasteiger partial charge in [-0.1, -0.05) is 11.6 Å². The number of unbranched alkanes of at least 4 members (excludes halogenated alkanes) is 1. The molecule has 0 aliphatic heterocycles. The van der Waals surface area contributed by atoms with Gasteiger partial charge in [0.1, 0.15) is 5.82 Å². The molecule has 0 atom stereocenters. The van der Waals surface area contributed by atoms with Gasteiger partial charge in [0.15, 0.2) is 5.96 Å². The van der Waals surface area contributed by atoms with Gasteiger partial charge in [-0.05, 0) is 32.8 Å². The molecule has 2 aromatic rings. The molecule has 0 bridgehead atoms. The molecule has 0 aliphatic carbocycles. The molecule has 0 saturated carbocycles. The summed E-state index contributed by atoms with van der Waals surface area (Å²) in [4.78, 5) is 11.1. The van der Waals surface area contributed by atoms with Gasteiger partial charge < -0.3 is 19.4 Å². The summed E-state index contributed by atoms with van der Waals surface area (Å²) < 4.78 is 4.23. The summed E-state index contributed by atoms with van der Waals surface area (Å²) in [6, 6.07) is 2.00. The Bertz CT molecular complexity index is 688. The van der Waals surface area contributed by atoms with E-state index < -0.39 is 0 Å². The Kier molecular flexibility index (Phi) is 7.37. The Morgan fingerprint density at radius 1 is 1.40 bits per heavy atom. The first-order chi connectivity index (χ1) is 12.0. The smallest absolute Gasteiger partial charge is 0.194 e. The molecule has 0 amide bonds. The molecule has 6 nitrogen and oxygen atoms in total. The standard InChI is InChI=1S/C18H29ClN6/c1-5-20-18(24(4)14-17-12-16(19)13-23(17)3)22-8-6-7-10-25-11-9-21-15(25)2/h9,11-13H,5-8,10,14H2,1-4H3,(H,20,22). The minimum Gasteiger partial charge on any atom is -0.357 e. The van der Waals surface area contributed by atoms with Crippen molar-refractivity contribution < 1.29 is 0 Å². The van der Waals surface area contributed by atoms with Crippen molar-refractivity contribution in [3.05, 3.63) is 41.2 Å². The lowest BCUT2D eigenvalue weighted by molar-refractivity contribution is 0.461. The number of nitrogens with zero attached hydrogens (tertiary/aromatic N) is 5. The summed E-state index contributed by atoms with van der Waals surface area (Å²) in [5.74, 6) is 2.00. The van der Waals surface area contributed by atoms with E-state index in [9.17, 15) is 0 Å². The van der Waals surface area contributed by atoms with Crippen molar-refractivity contribution in [2.24, 2.45) is 12.0 Å². The normalized spacial score (nSPS) is 11.8. The van der Waals surface area contributed by atoms with Crippen molar-refractivity contribution in [1.29, 1.82) is 0 Å². The van der Waals surface area contributed by atoms with E-state index in [1.165, 1.54) is 0 Å². The molecule has 2 rings (SSSR count). The predicted octanol–water partition coefficient (Wildman–Crippen LogP) is 3.06. The molecule has 0 unspecified atom stereocenters. The number of imidazole rings is 1. The van der Waals surface area contributed by atoms with E-state index in [1.807, 2.05) is 38.6 Å². The van der Waals surface area contributed by atoms with Gasteiger partial charge in [0, 0.05) is 58.0 Å². The van der Waals surface area contributed by atoms with Crippen molar-refractivity contribution in [2.45, 2.75) is 39.8 Å². The van der Waals surface area contributed by atoms with Gasteiger partial charge in [-0.2, -0.15) is 0 Å². The average Bonchev–Trinajstić information content (AvgIpc) is 3.11. The summed E-state index contributed by atoms with van der Waals surface area (Å²) in [6.07, 6.45) is 7.95. The lowest BCUT2D eigenvalue weighted by atomic mass is 10.3. The third kappa shape index (κ3) is 5.81. The van der Waals surface area contributed by atoms with Gasteiger partial charge in [0.2, 0.25) is 0 Å². The minimum atomic E-state index is 0.766. The molecule has 25 heavy (non-hydrogen) atoms. The van der Waals surface area contributed by atoms with E-state index in [-0.39, 0.29) is 0 Å². The Balaban J connectivity index is 1.84. The molecular formula is C18H29ClN6. The van der Waals surface area contributed by atoms with Crippen molar-refractivity contribution >= 4 is 17.6 Å². The molecular weight excluding hydrogens is 336 g/mol. The highest BCUT2D eigenvalue weighted by atomic mass is 35.5. The molecule has 0 radical (unpaired) electrons. The topological polar surface area (TPSA) is 50.4 Å². The van der Waals surface area contributed by atoms with Gasteiger partial charge in [0.05, 0.1) is 11.6 Å². The highest BCUT2D eigenvalue weighted by molar-refractivity contribution is 6.30. The van der Waals surface area contributed by atoms with Crippen LogP contribution in [-0.4, -0.2) is 45.1 Å². The molecule has 0 saturated heterocycles. The van der Waals surface area contributed by atoms with Crippen LogP contribution < -0.4 is 5.32 Å². The van der Waals surface area contributed by atoms with Crippen LogP contribution in [0.15, 0.2) is 29.6 Å². The zero-order chi connectivity index (χ0) is 18.2. The Morgan fingerprint density at radius 3 is 2.80 bits per heavy atom. The molecule has 0 fully saturated rings. The largest absolute Gasteiger partial charge is 0.357 e. The van der Waals surface area contributed by atoms with Crippen LogP contribution in [0.4, 0.5) is 0 Å². The van der Waals surface area contributed by atoms with Crippen molar-refractivity contribution in [3.8, 4) is 0 Å². The van der Waals surface area contributed by atoms with Crippen LogP contribution in [0.1, 0.15) is 31.3 Å². The lowest BCUT2D eigenvalue weighted by Crippen LogP contribution is -2.38. The number of aromatic nitrogens is 3. The number of hydrogen-bond acceptors (Lipinski definition) is 2. The number of guanidine groups is 1. The molecule has 2 heterocycles. The number of aliphatic imine (C=N–C) groups is 1. The number of nitrogens with one attached hydrogen (secondary N) is 1. The Morgan fingerprint density at radius 2 is 2.20 bits per heavy atom. The van der Waals surface area contributed by atoms with Crippen LogP contribution in [0, 0.1) is 6.92 Å². The molecule has 0 spiro atoms. The third-order valence-corrected chi connectivity index (χ3v) is 4.37. The fraction of sp³-hybridized carbons (Fsp3) is 0.556. The Labute approximate surface area is 155 Å². The fourth-order valence-electron chi connectivity index (χ4n) is 2.73. The van der Waals surface area contributed by atoms with Crippen LogP contribution in [0.2, 0.25) is 5.02 Å². The zero-order valence-corrected chi connectivity index (χ0v) is 16.4. The molecule has 1 N–H and O–H groups in total. The second-order valence-electron chi connectivity index (χ2n) is 6.23. The predicted molar refractivity (Wildman–Crippen MR) is 104 cm³/mol. The summed E-state index contributed by atoms with van der Waals surface area (Å²) in [6.45, 7) is 7.55. The maximum atomic E-state index is 6.07. The number of halogens is 1. The molecule has 0 aliphatic rings. The van der Waals surface area contributed by atoms with Gasteiger partial charge in [0.25, 0.3) is 0 Å². The first kappa shape index (κ1) is 19.4. The van der Waals surface area contributed by atoms with Crippen molar-refractivity contribution in [1.82, 2.24) is 24.3 Å². The van der Waals surface area contributed by atoms with E-state index in [2.05, 4.69) is 38.3 Å². The summed E-state index contributed by atoms with van der Waals surface area (Å²) >= 11 is 6.07. The van der Waals surface area contributed by atoms with Gasteiger partial charge in [-0.3, -0.25) is 4.99 Å². The summed E-state index contributed by atoms with van der Waals surface area (Å²) in [7, 11) is 4.06. The van der Waals surface area contributed by atoms with Crippen LogP contribution in [0.3, 0.4) is 0 Å². The first-order valence-electron chi connectivity index (χ1n) is 8.79. The first-order valence-corrected chi connectivity index (χ1v) is 9.17. The minimum absolute atomic E-state index is 0.766. The monoisotopic (exact) mass is 364 g/mol. The maximum absolute atomic E-state index is 6.07. The summed E-state index contributed by atoms with van der Waals surface area (Å²) in [5, 5.41) is 4.13. The maximum Gasteiger partial charge on any atom is 0.194 e. The van der Waals surface area contributed by atoms with Gasteiger partial charge in [-0.15, -0.1) is 0 Å². The number of aryl methyl sites for hydroxylation is 3. The van der Waals surface area contributed by atoms with Crippen molar-refractivity contribution in [3.63, 3.8) is 0 Å². The lowest BCUT2D eigenvalue weighted by Gasteiger charge is -2.22. The van der Waals surface area contributed by atoms with Gasteiger partial charge in [-0.25, -0.2) is 4.98 Å². The number of hydrogen-bond donors (Lipinski definition) is 1. The quantitative estimate of drug-likeness (QED) is 0.445. The van der Waals surface area contributed by atoms with E-state index in [1.54, 1.807) is 0 Å². The second kappa shape index (κ2) is 9.51. The third-order valence-electron chi connectivity index (χ3n) is 4.16. The van der Waals surface area contributed by atoms with Crippen LogP contribution >= 0.6 is 11.6 Å². The van der Waals surface area contributed by atoms with E-state index in [0.29, 0.717) is 0 Å². The average molecular weight is 365 g/mol. The molecule has 7 heteroatoms. The van der Waals surface area contributed by atoms with Crippen LogP contribution in [0.5, 0.6) is 0 Å². The zero-order valence-electron chi connectivity index (χ0n) is 15.7. The summed E-state index contributed by atoms with van der Waals surface area (Å²) in [5.41, 5.74) is 1.16. The SMILES string of the molecule is CCNC(=NCCCCn1ccnc1C)N(C)Cc1cc(Cl)cn1C. The van der Waals surface area contributed by atoms with Crippen LogP contribution in [-0.2, 0) is 20.1 Å². The molecule has 2 aromatic heterocycles. The Hall–Kier alpha value is -1.95. The second-order valence-corrected chi connectivity index (χ2v) is 6.66. The molecule has 138 valence electrons. The van der Waals surface area contributed by atoms with Gasteiger partial charge >= 0.3 is 0 Å². The van der Waals surface area contributed by atoms with E-state index in [4.69, 9.17) is 16.6 Å². The van der Waals surface area contributed by atoms with E-state index >= 15 is 0 Å². The molecule has 0 aromatic carbocycles. The van der Waals surface area contributed by atoms with Crippen LogP contribution in [0.25, 0.3) is 0 Å². The number of rotatable bonds is 8.